The molecular formula is C13H15N3O9. The van der Waals surface area contributed by atoms with E-state index in [9.17, 15) is 30.1 Å². The van der Waals surface area contributed by atoms with E-state index in [2.05, 4.69) is 15.0 Å². The number of amides is 1. The molecule has 1 aromatic rings. The predicted octanol–water partition coefficient (Wildman–Crippen LogP) is 0.315. The summed E-state index contributed by atoms with van der Waals surface area (Å²) in [6.45, 7) is -1.09. The average molecular weight is 357 g/mol. The number of ether oxygens (including phenoxy) is 1. The van der Waals surface area contributed by atoms with Crippen LogP contribution in [0, 0.1) is 20.2 Å². The van der Waals surface area contributed by atoms with Crippen molar-refractivity contribution in [2.24, 2.45) is 0 Å². The Morgan fingerprint density at radius 3 is 2.68 bits per heavy atom. The van der Waals surface area contributed by atoms with E-state index in [1.54, 1.807) is 0 Å². The van der Waals surface area contributed by atoms with Gasteiger partial charge in [-0.1, -0.05) is 6.07 Å². The zero-order chi connectivity index (χ0) is 18.8. The third kappa shape index (κ3) is 7.49. The number of carbonyl (C=O) groups excluding carboxylic acids is 1. The SMILES string of the molecule is COc1cc(/C=C/C(=O)NCC(CO[N+](=O)[O-])O[N+](=O)[O-])ccc1O. The van der Waals surface area contributed by atoms with Crippen LogP contribution in [0.2, 0.25) is 0 Å². The van der Waals surface area contributed by atoms with Gasteiger partial charge in [0.2, 0.25) is 5.91 Å². The van der Waals surface area contributed by atoms with Crippen molar-refractivity contribution in [3.63, 3.8) is 0 Å². The van der Waals surface area contributed by atoms with Gasteiger partial charge in [0.05, 0.1) is 7.11 Å². The molecule has 0 aliphatic rings. The molecule has 0 aliphatic heterocycles. The van der Waals surface area contributed by atoms with E-state index in [4.69, 9.17) is 4.74 Å². The summed E-state index contributed by atoms with van der Waals surface area (Å²) >= 11 is 0. The number of rotatable bonds is 10. The lowest BCUT2D eigenvalue weighted by molar-refractivity contribution is -0.789. The molecule has 0 aromatic heterocycles. The number of benzene rings is 1. The van der Waals surface area contributed by atoms with Crippen LogP contribution in [0.25, 0.3) is 6.08 Å². The van der Waals surface area contributed by atoms with Crippen LogP contribution >= 0.6 is 0 Å². The van der Waals surface area contributed by atoms with Crippen molar-refractivity contribution in [2.45, 2.75) is 6.10 Å². The van der Waals surface area contributed by atoms with Crippen LogP contribution in [0.3, 0.4) is 0 Å². The summed E-state index contributed by atoms with van der Waals surface area (Å²) in [5.41, 5.74) is 0.555. The molecule has 0 bridgehead atoms. The summed E-state index contributed by atoms with van der Waals surface area (Å²) in [6, 6.07) is 4.40. The number of phenols is 1. The Morgan fingerprint density at radius 2 is 2.08 bits per heavy atom. The number of nitrogens with zero attached hydrogens (tertiary/aromatic N) is 2. The van der Waals surface area contributed by atoms with Crippen molar-refractivity contribution >= 4 is 12.0 Å². The molecule has 12 heteroatoms. The van der Waals surface area contributed by atoms with Gasteiger partial charge >= 0.3 is 0 Å². The lowest BCUT2D eigenvalue weighted by Crippen LogP contribution is -2.37. The second-order valence-corrected chi connectivity index (χ2v) is 4.48. The van der Waals surface area contributed by atoms with E-state index in [1.807, 2.05) is 0 Å². The highest BCUT2D eigenvalue weighted by Gasteiger charge is 2.16. The first-order chi connectivity index (χ1) is 11.8. The summed E-state index contributed by atoms with van der Waals surface area (Å²) in [7, 11) is 1.37. The molecular weight excluding hydrogens is 342 g/mol. The standard InChI is InChI=1S/C13H15N3O9/c1-23-12-6-9(2-4-11(12)17)3-5-13(18)14-7-10(25-16(21)22)8-24-15(19)20/h2-6,10,17H,7-8H2,1H3,(H,14,18)/b5-3+. The minimum atomic E-state index is -1.34. The highest BCUT2D eigenvalue weighted by atomic mass is 17.0. The van der Waals surface area contributed by atoms with Gasteiger partial charge in [0.1, 0.15) is 12.7 Å². The minimum absolute atomic E-state index is 0.0605. The Balaban J connectivity index is 2.58. The number of hydrogen-bond donors (Lipinski definition) is 2. The van der Waals surface area contributed by atoms with Gasteiger partial charge in [0.15, 0.2) is 11.5 Å². The fourth-order valence-corrected chi connectivity index (χ4v) is 1.64. The monoisotopic (exact) mass is 357 g/mol. The van der Waals surface area contributed by atoms with Crippen LogP contribution in [0.5, 0.6) is 11.5 Å². The average Bonchev–Trinajstić information content (AvgIpc) is 2.56. The van der Waals surface area contributed by atoms with Gasteiger partial charge < -0.3 is 24.8 Å². The summed E-state index contributed by atoms with van der Waals surface area (Å²) in [6.07, 6.45) is 1.20. The van der Waals surface area contributed by atoms with E-state index >= 15 is 0 Å². The topological polar surface area (TPSA) is 163 Å². The molecule has 0 spiro atoms. The molecule has 1 rings (SSSR count). The fraction of sp³-hybridized carbons (Fsp3) is 0.308. The van der Waals surface area contributed by atoms with Gasteiger partial charge in [-0.05, 0) is 23.8 Å². The van der Waals surface area contributed by atoms with Crippen molar-refractivity contribution in [3.05, 3.63) is 50.1 Å². The zero-order valence-corrected chi connectivity index (χ0v) is 13.0. The van der Waals surface area contributed by atoms with Crippen molar-refractivity contribution in [1.29, 1.82) is 0 Å². The van der Waals surface area contributed by atoms with Crippen LogP contribution in [0.4, 0.5) is 0 Å². The van der Waals surface area contributed by atoms with E-state index in [0.29, 0.717) is 5.56 Å². The van der Waals surface area contributed by atoms with Crippen molar-refractivity contribution < 1.29 is 34.5 Å². The van der Waals surface area contributed by atoms with E-state index < -0.39 is 28.8 Å². The molecule has 12 nitrogen and oxygen atoms in total. The molecule has 0 heterocycles. The molecule has 0 saturated heterocycles. The number of nitrogens with one attached hydrogen (secondary N) is 1. The predicted molar refractivity (Wildman–Crippen MR) is 81.5 cm³/mol. The third-order valence-electron chi connectivity index (χ3n) is 2.74. The first-order valence-corrected chi connectivity index (χ1v) is 6.73. The van der Waals surface area contributed by atoms with Crippen molar-refractivity contribution in [2.75, 3.05) is 20.3 Å². The molecule has 1 aromatic carbocycles. The van der Waals surface area contributed by atoms with Crippen LogP contribution in [0.1, 0.15) is 5.56 Å². The largest absolute Gasteiger partial charge is 0.504 e. The number of hydrogen-bond acceptors (Lipinski definition) is 9. The second kappa shape index (κ2) is 9.54. The summed E-state index contributed by atoms with van der Waals surface area (Å²) in [5, 5.41) is 29.9. The van der Waals surface area contributed by atoms with Crippen LogP contribution < -0.4 is 10.1 Å². The highest BCUT2D eigenvalue weighted by Crippen LogP contribution is 2.26. The first kappa shape index (κ1) is 19.5. The molecule has 0 saturated carbocycles. The molecule has 25 heavy (non-hydrogen) atoms. The van der Waals surface area contributed by atoms with Gasteiger partial charge in [-0.25, -0.2) is 0 Å². The summed E-state index contributed by atoms with van der Waals surface area (Å²) in [5.74, 6) is -0.460. The smallest absolute Gasteiger partial charge is 0.294 e. The van der Waals surface area contributed by atoms with Crippen molar-refractivity contribution in [1.82, 2.24) is 5.32 Å². The number of aromatic hydroxyl groups is 1. The second-order valence-electron chi connectivity index (χ2n) is 4.48. The Morgan fingerprint density at radius 1 is 1.36 bits per heavy atom. The van der Waals surface area contributed by atoms with Gasteiger partial charge in [-0.3, -0.25) is 4.79 Å². The number of methoxy groups -OCH3 is 1. The fourth-order valence-electron chi connectivity index (χ4n) is 1.64. The molecule has 0 radical (unpaired) electrons. The Hall–Kier alpha value is -3.57. The lowest BCUT2D eigenvalue weighted by Gasteiger charge is -2.13. The molecule has 1 amide bonds. The molecule has 136 valence electrons. The lowest BCUT2D eigenvalue weighted by atomic mass is 10.2. The summed E-state index contributed by atoms with van der Waals surface area (Å²) in [4.78, 5) is 40.2. The van der Waals surface area contributed by atoms with Crippen LogP contribution in [-0.4, -0.2) is 47.6 Å². The molecule has 0 fully saturated rings. The normalized spacial score (nSPS) is 11.6. The van der Waals surface area contributed by atoms with Gasteiger partial charge in [0.25, 0.3) is 10.2 Å². The molecule has 1 atom stereocenters. The van der Waals surface area contributed by atoms with Gasteiger partial charge in [-0.2, -0.15) is 0 Å². The summed E-state index contributed by atoms with van der Waals surface area (Å²) < 4.78 is 4.92. The van der Waals surface area contributed by atoms with Crippen LogP contribution in [-0.2, 0) is 14.5 Å². The maximum absolute atomic E-state index is 11.7. The maximum Gasteiger partial charge on any atom is 0.294 e. The molecule has 2 N–H and O–H groups in total. The quantitative estimate of drug-likeness (QED) is 0.341. The van der Waals surface area contributed by atoms with Crippen molar-refractivity contribution in [3.8, 4) is 11.5 Å². The first-order valence-electron chi connectivity index (χ1n) is 6.73. The highest BCUT2D eigenvalue weighted by molar-refractivity contribution is 5.91. The Kier molecular flexibility index (Phi) is 7.43. The van der Waals surface area contributed by atoms with E-state index in [-0.39, 0.29) is 18.0 Å². The number of phenolic OH excluding ortho intramolecular Hbond substituents is 1. The van der Waals surface area contributed by atoms with Gasteiger partial charge in [0, 0.05) is 12.6 Å². The van der Waals surface area contributed by atoms with Crippen LogP contribution in [0.15, 0.2) is 24.3 Å². The Bertz CT molecular complexity index is 662. The Labute approximate surface area is 140 Å². The third-order valence-corrected chi connectivity index (χ3v) is 2.74. The van der Waals surface area contributed by atoms with E-state index in [0.717, 1.165) is 6.08 Å². The maximum atomic E-state index is 11.7. The van der Waals surface area contributed by atoms with E-state index in [1.165, 1.54) is 31.4 Å². The number of carbonyl (C=O) groups is 1. The minimum Gasteiger partial charge on any atom is -0.504 e. The molecule has 0 aliphatic carbocycles. The van der Waals surface area contributed by atoms with Gasteiger partial charge in [-0.15, -0.1) is 20.2 Å². The molecule has 1 unspecified atom stereocenters. The zero-order valence-electron chi connectivity index (χ0n) is 13.0.